The highest BCUT2D eigenvalue weighted by Gasteiger charge is 2.38. The number of amides is 1. The van der Waals surface area contributed by atoms with Gasteiger partial charge in [0.2, 0.25) is 5.82 Å². The number of hydrogen-bond acceptors (Lipinski definition) is 5. The molecule has 0 saturated heterocycles. The van der Waals surface area contributed by atoms with Crippen molar-refractivity contribution in [2.24, 2.45) is 0 Å². The van der Waals surface area contributed by atoms with E-state index in [1.165, 1.54) is 16.3 Å². The fourth-order valence-electron chi connectivity index (χ4n) is 5.40. The van der Waals surface area contributed by atoms with Crippen molar-refractivity contribution in [1.29, 1.82) is 0 Å². The Morgan fingerprint density at radius 2 is 1.78 bits per heavy atom. The van der Waals surface area contributed by atoms with E-state index < -0.39 is 5.60 Å². The average Bonchev–Trinajstić information content (AvgIpc) is 3.56. The first-order valence-corrected chi connectivity index (χ1v) is 12.6. The van der Waals surface area contributed by atoms with E-state index in [4.69, 9.17) is 4.74 Å². The Morgan fingerprint density at radius 1 is 1.03 bits per heavy atom. The lowest BCUT2D eigenvalue weighted by Gasteiger charge is -2.37. The van der Waals surface area contributed by atoms with Gasteiger partial charge < -0.3 is 4.74 Å². The highest BCUT2D eigenvalue weighted by Crippen LogP contribution is 2.41. The zero-order chi connectivity index (χ0) is 25.3. The number of carbonyl (C=O) groups excluding carboxylic acids is 1. The van der Waals surface area contributed by atoms with Crippen molar-refractivity contribution < 1.29 is 9.53 Å². The number of rotatable bonds is 5. The maximum atomic E-state index is 13.6. The van der Waals surface area contributed by atoms with Crippen LogP contribution in [0, 0.1) is 0 Å². The predicted molar refractivity (Wildman–Crippen MR) is 140 cm³/mol. The van der Waals surface area contributed by atoms with Gasteiger partial charge in [0.1, 0.15) is 5.60 Å². The molecule has 1 aromatic heterocycles. The van der Waals surface area contributed by atoms with E-state index in [0.717, 1.165) is 30.4 Å². The topological polar surface area (TPSA) is 84.0 Å². The van der Waals surface area contributed by atoms with Gasteiger partial charge in [0, 0.05) is 11.6 Å². The number of aromatic amines is 1. The summed E-state index contributed by atoms with van der Waals surface area (Å²) in [5.41, 5.74) is 2.79. The Kier molecular flexibility index (Phi) is 6.48. The molecule has 1 heterocycles. The Hall–Kier alpha value is -3.74. The number of hydrogen-bond donors (Lipinski definition) is 1. The molecular formula is C29H33N5O2. The van der Waals surface area contributed by atoms with Crippen molar-refractivity contribution in [3.63, 3.8) is 0 Å². The van der Waals surface area contributed by atoms with Crippen LogP contribution in [0.3, 0.4) is 0 Å². The molecular weight excluding hydrogens is 450 g/mol. The van der Waals surface area contributed by atoms with E-state index in [-0.39, 0.29) is 18.2 Å². The van der Waals surface area contributed by atoms with Crippen LogP contribution < -0.4 is 0 Å². The second-order valence-electron chi connectivity index (χ2n) is 10.7. The lowest BCUT2D eigenvalue weighted by molar-refractivity contribution is 0.00693. The molecule has 186 valence electrons. The number of benzene rings is 3. The molecule has 1 aliphatic rings. The van der Waals surface area contributed by atoms with Crippen LogP contribution in [0.2, 0.25) is 0 Å². The molecule has 0 bridgehead atoms. The third-order valence-electron chi connectivity index (χ3n) is 7.08. The molecule has 1 N–H and O–H groups in total. The predicted octanol–water partition coefficient (Wildman–Crippen LogP) is 6.65. The highest BCUT2D eigenvalue weighted by atomic mass is 16.6. The Labute approximate surface area is 211 Å². The SMILES string of the molecule is C[C@H](c1cccc2ccccc12)N(C(=O)OC(C)(C)C)[C@H]1CC[C@@H](c2ccc(-c3nn[nH]n3)cc2)C1. The largest absolute Gasteiger partial charge is 0.444 e. The van der Waals surface area contributed by atoms with Crippen LogP contribution in [0.15, 0.2) is 66.7 Å². The zero-order valence-electron chi connectivity index (χ0n) is 21.3. The van der Waals surface area contributed by atoms with Crippen LogP contribution >= 0.6 is 0 Å². The summed E-state index contributed by atoms with van der Waals surface area (Å²) in [5.74, 6) is 0.963. The number of aromatic nitrogens is 4. The summed E-state index contributed by atoms with van der Waals surface area (Å²) in [7, 11) is 0. The molecule has 5 rings (SSSR count). The van der Waals surface area contributed by atoms with Crippen molar-refractivity contribution in [3.05, 3.63) is 77.9 Å². The molecule has 7 nitrogen and oxygen atoms in total. The molecule has 3 aromatic carbocycles. The van der Waals surface area contributed by atoms with Gasteiger partial charge >= 0.3 is 6.09 Å². The summed E-state index contributed by atoms with van der Waals surface area (Å²) >= 11 is 0. The molecule has 1 amide bonds. The quantitative estimate of drug-likeness (QED) is 0.343. The van der Waals surface area contributed by atoms with Gasteiger partial charge in [-0.15, -0.1) is 10.2 Å². The van der Waals surface area contributed by atoms with Gasteiger partial charge in [0.25, 0.3) is 0 Å². The number of H-pyrrole nitrogens is 1. The van der Waals surface area contributed by atoms with Crippen LogP contribution in [0.1, 0.15) is 70.0 Å². The number of ether oxygens (including phenoxy) is 1. The average molecular weight is 484 g/mol. The van der Waals surface area contributed by atoms with E-state index in [1.54, 1.807) is 0 Å². The number of tetrazole rings is 1. The fraction of sp³-hybridized carbons (Fsp3) is 0.379. The van der Waals surface area contributed by atoms with Crippen molar-refractivity contribution in [2.75, 3.05) is 0 Å². The molecule has 0 radical (unpaired) electrons. The summed E-state index contributed by atoms with van der Waals surface area (Å²) in [6.07, 6.45) is 2.61. The van der Waals surface area contributed by atoms with Crippen molar-refractivity contribution in [3.8, 4) is 11.4 Å². The smallest absolute Gasteiger partial charge is 0.411 e. The molecule has 0 unspecified atom stereocenters. The highest BCUT2D eigenvalue weighted by molar-refractivity contribution is 5.86. The summed E-state index contributed by atoms with van der Waals surface area (Å²) in [6, 6.07) is 23.0. The summed E-state index contributed by atoms with van der Waals surface area (Å²) < 4.78 is 5.93. The Morgan fingerprint density at radius 3 is 2.50 bits per heavy atom. The first kappa shape index (κ1) is 24.0. The van der Waals surface area contributed by atoms with Crippen LogP contribution in [0.25, 0.3) is 22.2 Å². The molecule has 0 aliphatic heterocycles. The van der Waals surface area contributed by atoms with E-state index in [9.17, 15) is 4.79 Å². The lowest BCUT2D eigenvalue weighted by atomic mass is 9.95. The van der Waals surface area contributed by atoms with Crippen LogP contribution in [-0.2, 0) is 4.74 Å². The van der Waals surface area contributed by atoms with Crippen LogP contribution in [0.4, 0.5) is 4.79 Å². The van der Waals surface area contributed by atoms with Gasteiger partial charge in [-0.1, -0.05) is 66.7 Å². The minimum absolute atomic E-state index is 0.0932. The number of carbonyl (C=O) groups is 1. The lowest BCUT2D eigenvalue weighted by Crippen LogP contribution is -2.44. The van der Waals surface area contributed by atoms with Gasteiger partial charge in [0.05, 0.1) is 6.04 Å². The first-order chi connectivity index (χ1) is 17.3. The van der Waals surface area contributed by atoms with Gasteiger partial charge in [-0.2, -0.15) is 5.21 Å². The number of nitrogens with one attached hydrogen (secondary N) is 1. The maximum Gasteiger partial charge on any atom is 0.411 e. The standard InChI is InChI=1S/C29H33N5O2/c1-19(25-11-7-9-21-8-5-6-10-26(21)25)34(28(35)36-29(2,3)4)24-17-16-23(18-24)20-12-14-22(15-13-20)27-30-32-33-31-27/h5-15,19,23-24H,16-18H2,1-4H3,(H,30,31,32,33)/t19-,23-,24+/m1/s1. The van der Waals surface area contributed by atoms with Crippen molar-refractivity contribution >= 4 is 16.9 Å². The third-order valence-corrected chi connectivity index (χ3v) is 7.08. The van der Waals surface area contributed by atoms with Crippen LogP contribution in [0.5, 0.6) is 0 Å². The molecule has 7 heteroatoms. The molecule has 1 saturated carbocycles. The fourth-order valence-corrected chi connectivity index (χ4v) is 5.40. The number of fused-ring (bicyclic) bond motifs is 1. The maximum absolute atomic E-state index is 13.6. The molecule has 0 spiro atoms. The van der Waals surface area contributed by atoms with Gasteiger partial charge in [-0.25, -0.2) is 4.79 Å². The van der Waals surface area contributed by atoms with Gasteiger partial charge in [-0.3, -0.25) is 4.90 Å². The minimum Gasteiger partial charge on any atom is -0.444 e. The summed E-state index contributed by atoms with van der Waals surface area (Å²) in [5, 5.41) is 16.6. The van der Waals surface area contributed by atoms with Crippen molar-refractivity contribution in [1.82, 2.24) is 25.5 Å². The van der Waals surface area contributed by atoms with Gasteiger partial charge in [-0.05, 0) is 80.0 Å². The molecule has 36 heavy (non-hydrogen) atoms. The Balaban J connectivity index is 1.41. The molecule has 4 aromatic rings. The van der Waals surface area contributed by atoms with Crippen LogP contribution in [-0.4, -0.2) is 43.3 Å². The number of nitrogens with zero attached hydrogens (tertiary/aromatic N) is 4. The second-order valence-corrected chi connectivity index (χ2v) is 10.7. The van der Waals surface area contributed by atoms with E-state index in [1.807, 2.05) is 43.9 Å². The zero-order valence-corrected chi connectivity index (χ0v) is 21.3. The van der Waals surface area contributed by atoms with E-state index >= 15 is 0 Å². The minimum atomic E-state index is -0.559. The van der Waals surface area contributed by atoms with Crippen molar-refractivity contribution in [2.45, 2.75) is 70.6 Å². The monoisotopic (exact) mass is 483 g/mol. The van der Waals surface area contributed by atoms with Gasteiger partial charge in [0.15, 0.2) is 0 Å². The molecule has 3 atom stereocenters. The Bertz CT molecular complexity index is 1320. The first-order valence-electron chi connectivity index (χ1n) is 12.6. The van der Waals surface area contributed by atoms with E-state index in [0.29, 0.717) is 11.7 Å². The normalized spacial score (nSPS) is 18.8. The third kappa shape index (κ3) is 4.96. The molecule has 1 aliphatic carbocycles. The molecule has 1 fully saturated rings. The summed E-state index contributed by atoms with van der Waals surface area (Å²) in [4.78, 5) is 15.6. The second kappa shape index (κ2) is 9.72. The van der Waals surface area contributed by atoms with E-state index in [2.05, 4.69) is 76.1 Å². The summed E-state index contributed by atoms with van der Waals surface area (Å²) in [6.45, 7) is 7.90.